The second-order valence-electron chi connectivity index (χ2n) is 4.22. The van der Waals surface area contributed by atoms with Crippen LogP contribution in [0, 0.1) is 0 Å². The molecule has 1 aromatic heterocycles. The molecule has 0 bridgehead atoms. The Labute approximate surface area is 122 Å². The maximum atomic E-state index is 11.8. The lowest BCUT2D eigenvalue weighted by Crippen LogP contribution is -2.08. The molecule has 1 heterocycles. The van der Waals surface area contributed by atoms with Crippen molar-refractivity contribution < 1.29 is 9.53 Å². The fraction of sp³-hybridized carbons (Fsp3) is 0.286. The summed E-state index contributed by atoms with van der Waals surface area (Å²) in [6.45, 7) is 0.425. The Balaban J connectivity index is 1.98. The molecule has 5 nitrogen and oxygen atoms in total. The number of anilines is 1. The fourth-order valence-corrected chi connectivity index (χ4v) is 2.05. The van der Waals surface area contributed by atoms with E-state index in [1.165, 1.54) is 0 Å². The first-order chi connectivity index (χ1) is 9.70. The summed E-state index contributed by atoms with van der Waals surface area (Å²) in [5.74, 6) is 0.591. The summed E-state index contributed by atoms with van der Waals surface area (Å²) >= 11 is 1.73. The van der Waals surface area contributed by atoms with Gasteiger partial charge in [0.2, 0.25) is 0 Å². The second kappa shape index (κ2) is 7.00. The van der Waals surface area contributed by atoms with Crippen molar-refractivity contribution in [3.63, 3.8) is 0 Å². The number of carbonyl (C=O) groups excluding carboxylic acids is 1. The molecule has 0 amide bonds. The van der Waals surface area contributed by atoms with Gasteiger partial charge >= 0.3 is 5.97 Å². The van der Waals surface area contributed by atoms with Crippen molar-refractivity contribution in [3.8, 4) is 5.69 Å². The molecule has 0 saturated carbocycles. The van der Waals surface area contributed by atoms with Crippen molar-refractivity contribution in [1.82, 2.24) is 9.78 Å². The summed E-state index contributed by atoms with van der Waals surface area (Å²) < 4.78 is 6.77. The van der Waals surface area contributed by atoms with Crippen LogP contribution in [0.25, 0.3) is 5.69 Å². The number of thioether (sulfide) groups is 1. The van der Waals surface area contributed by atoms with Gasteiger partial charge in [-0.25, -0.2) is 9.48 Å². The SMILES string of the molecule is CSCCCOC(=O)c1ccn(-c2ccc(N)cc2)n1. The van der Waals surface area contributed by atoms with Crippen LogP contribution < -0.4 is 5.73 Å². The van der Waals surface area contributed by atoms with E-state index in [4.69, 9.17) is 10.5 Å². The third-order valence-electron chi connectivity index (χ3n) is 2.68. The lowest BCUT2D eigenvalue weighted by atomic mass is 10.3. The molecule has 0 radical (unpaired) electrons. The van der Waals surface area contributed by atoms with Gasteiger partial charge in [0.05, 0.1) is 12.3 Å². The van der Waals surface area contributed by atoms with Gasteiger partial charge in [-0.1, -0.05) is 0 Å². The van der Waals surface area contributed by atoms with Gasteiger partial charge in [-0.15, -0.1) is 0 Å². The predicted molar refractivity (Wildman–Crippen MR) is 81.3 cm³/mol. The van der Waals surface area contributed by atoms with Crippen LogP contribution in [0.5, 0.6) is 0 Å². The lowest BCUT2D eigenvalue weighted by Gasteiger charge is -2.02. The van der Waals surface area contributed by atoms with Gasteiger partial charge in [0.1, 0.15) is 0 Å². The minimum Gasteiger partial charge on any atom is -0.461 e. The summed E-state index contributed by atoms with van der Waals surface area (Å²) in [6, 6.07) is 8.91. The number of hydrogen-bond acceptors (Lipinski definition) is 5. The average Bonchev–Trinajstić information content (AvgIpc) is 2.94. The first-order valence-corrected chi connectivity index (χ1v) is 7.68. The predicted octanol–water partition coefficient (Wildman–Crippen LogP) is 2.36. The number of nitrogens with zero attached hydrogens (tertiary/aromatic N) is 2. The van der Waals surface area contributed by atoms with Gasteiger partial charge in [-0.3, -0.25) is 0 Å². The first-order valence-electron chi connectivity index (χ1n) is 6.28. The number of ether oxygens (including phenoxy) is 1. The highest BCUT2D eigenvalue weighted by molar-refractivity contribution is 7.98. The van der Waals surface area contributed by atoms with E-state index in [0.717, 1.165) is 17.9 Å². The zero-order valence-electron chi connectivity index (χ0n) is 11.3. The number of rotatable bonds is 6. The number of aromatic nitrogens is 2. The fourth-order valence-electron chi connectivity index (χ4n) is 1.65. The number of esters is 1. The van der Waals surface area contributed by atoms with Crippen LogP contribution >= 0.6 is 11.8 Å². The smallest absolute Gasteiger partial charge is 0.358 e. The van der Waals surface area contributed by atoms with Crippen molar-refractivity contribution in [2.45, 2.75) is 6.42 Å². The molecule has 106 valence electrons. The molecule has 0 fully saturated rings. The van der Waals surface area contributed by atoms with E-state index >= 15 is 0 Å². The van der Waals surface area contributed by atoms with Crippen LogP contribution in [0.1, 0.15) is 16.9 Å². The summed E-state index contributed by atoms with van der Waals surface area (Å²) in [5.41, 5.74) is 7.48. The molecule has 1 aromatic carbocycles. The zero-order chi connectivity index (χ0) is 14.4. The Hall–Kier alpha value is -1.95. The van der Waals surface area contributed by atoms with Crippen LogP contribution in [0.2, 0.25) is 0 Å². The molecule has 0 aliphatic heterocycles. The largest absolute Gasteiger partial charge is 0.461 e. The highest BCUT2D eigenvalue weighted by Crippen LogP contribution is 2.11. The van der Waals surface area contributed by atoms with E-state index < -0.39 is 0 Å². The van der Waals surface area contributed by atoms with Gasteiger partial charge in [-0.05, 0) is 48.8 Å². The maximum absolute atomic E-state index is 11.8. The molecule has 2 N–H and O–H groups in total. The number of nitrogens with two attached hydrogens (primary N) is 1. The third-order valence-corrected chi connectivity index (χ3v) is 3.38. The van der Waals surface area contributed by atoms with E-state index in [2.05, 4.69) is 5.10 Å². The molecule has 6 heteroatoms. The van der Waals surface area contributed by atoms with Crippen molar-refractivity contribution >= 4 is 23.4 Å². The Morgan fingerprint density at radius 3 is 2.80 bits per heavy atom. The molecule has 2 aromatic rings. The lowest BCUT2D eigenvalue weighted by molar-refractivity contribution is 0.0499. The third kappa shape index (κ3) is 3.77. The Morgan fingerprint density at radius 1 is 1.35 bits per heavy atom. The van der Waals surface area contributed by atoms with Crippen molar-refractivity contribution in [2.75, 3.05) is 24.3 Å². The molecule has 0 aliphatic rings. The summed E-state index contributed by atoms with van der Waals surface area (Å²) in [5, 5.41) is 4.21. The molecular weight excluding hydrogens is 274 g/mol. The summed E-state index contributed by atoms with van der Waals surface area (Å²) in [4.78, 5) is 11.8. The highest BCUT2D eigenvalue weighted by atomic mass is 32.2. The van der Waals surface area contributed by atoms with Gasteiger partial charge in [0.25, 0.3) is 0 Å². The Kier molecular flexibility index (Phi) is 5.06. The van der Waals surface area contributed by atoms with Crippen LogP contribution in [-0.2, 0) is 4.74 Å². The monoisotopic (exact) mass is 291 g/mol. The quantitative estimate of drug-likeness (QED) is 0.502. The standard InChI is InChI=1S/C14H17N3O2S/c1-20-10-2-9-19-14(18)13-7-8-17(16-13)12-5-3-11(15)4-6-12/h3-8H,2,9-10,15H2,1H3. The van der Waals surface area contributed by atoms with E-state index in [1.54, 1.807) is 40.8 Å². The molecule has 20 heavy (non-hydrogen) atoms. The molecule has 0 spiro atoms. The molecule has 2 rings (SSSR count). The maximum Gasteiger partial charge on any atom is 0.358 e. The Morgan fingerprint density at radius 2 is 2.10 bits per heavy atom. The van der Waals surface area contributed by atoms with Crippen LogP contribution in [0.4, 0.5) is 5.69 Å². The van der Waals surface area contributed by atoms with Crippen LogP contribution in [0.15, 0.2) is 36.5 Å². The molecule has 0 atom stereocenters. The van der Waals surface area contributed by atoms with Crippen molar-refractivity contribution in [2.24, 2.45) is 0 Å². The van der Waals surface area contributed by atoms with E-state index in [1.807, 2.05) is 18.4 Å². The summed E-state index contributed by atoms with van der Waals surface area (Å²) in [7, 11) is 0. The van der Waals surface area contributed by atoms with E-state index in [0.29, 0.717) is 18.0 Å². The normalized spacial score (nSPS) is 10.4. The average molecular weight is 291 g/mol. The van der Waals surface area contributed by atoms with Gasteiger partial charge in [-0.2, -0.15) is 16.9 Å². The van der Waals surface area contributed by atoms with Gasteiger partial charge < -0.3 is 10.5 Å². The second-order valence-corrected chi connectivity index (χ2v) is 5.20. The first kappa shape index (κ1) is 14.5. The highest BCUT2D eigenvalue weighted by Gasteiger charge is 2.11. The van der Waals surface area contributed by atoms with Crippen molar-refractivity contribution in [3.05, 3.63) is 42.2 Å². The number of nitrogen functional groups attached to an aromatic ring is 1. The molecule has 0 saturated heterocycles. The minimum atomic E-state index is -0.389. The number of carbonyl (C=O) groups is 1. The molecular formula is C14H17N3O2S. The topological polar surface area (TPSA) is 70.1 Å². The molecule has 0 aliphatic carbocycles. The Bertz CT molecular complexity index is 566. The van der Waals surface area contributed by atoms with Crippen molar-refractivity contribution in [1.29, 1.82) is 0 Å². The number of hydrogen-bond donors (Lipinski definition) is 1. The van der Waals surface area contributed by atoms with Crippen LogP contribution in [0.3, 0.4) is 0 Å². The summed E-state index contributed by atoms with van der Waals surface area (Å²) in [6.07, 6.45) is 4.60. The zero-order valence-corrected chi connectivity index (χ0v) is 12.1. The molecule has 0 unspecified atom stereocenters. The number of benzene rings is 1. The van der Waals surface area contributed by atoms with Gasteiger partial charge in [0, 0.05) is 11.9 Å². The van der Waals surface area contributed by atoms with E-state index in [-0.39, 0.29) is 5.97 Å². The van der Waals surface area contributed by atoms with E-state index in [9.17, 15) is 4.79 Å². The minimum absolute atomic E-state index is 0.311. The van der Waals surface area contributed by atoms with Gasteiger partial charge in [0.15, 0.2) is 5.69 Å². The van der Waals surface area contributed by atoms with Crippen LogP contribution in [-0.4, -0.2) is 34.4 Å².